The van der Waals surface area contributed by atoms with Crippen molar-refractivity contribution in [2.24, 2.45) is 0 Å². The van der Waals surface area contributed by atoms with Crippen LogP contribution in [0.5, 0.6) is 0 Å². The van der Waals surface area contributed by atoms with Crippen molar-refractivity contribution >= 4 is 17.3 Å². The van der Waals surface area contributed by atoms with Crippen LogP contribution in [0.3, 0.4) is 0 Å². The highest BCUT2D eigenvalue weighted by Crippen LogP contribution is 2.24. The zero-order valence-electron chi connectivity index (χ0n) is 9.63. The number of halogens is 2. The molecule has 1 aromatic heterocycles. The fourth-order valence-electron chi connectivity index (χ4n) is 1.64. The molecule has 2 rings (SSSR count). The first-order chi connectivity index (χ1) is 8.04. The van der Waals surface area contributed by atoms with Crippen LogP contribution in [0.1, 0.15) is 24.5 Å². The zero-order chi connectivity index (χ0) is 12.4. The van der Waals surface area contributed by atoms with Crippen LogP contribution < -0.4 is 5.32 Å². The number of aryl methyl sites for hydroxylation is 1. The topological polar surface area (TPSA) is 25.2 Å². The van der Waals surface area contributed by atoms with Gasteiger partial charge in [0.1, 0.15) is 17.3 Å². The Kier molecular flexibility index (Phi) is 3.38. The molecule has 0 aliphatic carbocycles. The molecule has 0 aliphatic heterocycles. The van der Waals surface area contributed by atoms with Crippen molar-refractivity contribution < 1.29 is 8.81 Å². The maximum atomic E-state index is 13.1. The monoisotopic (exact) mass is 253 g/mol. The third kappa shape index (κ3) is 3.01. The fraction of sp³-hybridized carbons (Fsp3) is 0.231. The first kappa shape index (κ1) is 12.0. The molecular weight excluding hydrogens is 241 g/mol. The molecule has 0 spiro atoms. The van der Waals surface area contributed by atoms with Crippen LogP contribution in [0, 0.1) is 12.7 Å². The van der Waals surface area contributed by atoms with E-state index in [0.717, 1.165) is 11.5 Å². The van der Waals surface area contributed by atoms with E-state index >= 15 is 0 Å². The van der Waals surface area contributed by atoms with Gasteiger partial charge in [0.15, 0.2) is 0 Å². The zero-order valence-corrected chi connectivity index (χ0v) is 10.4. The van der Waals surface area contributed by atoms with E-state index in [4.69, 9.17) is 16.0 Å². The van der Waals surface area contributed by atoms with Crippen LogP contribution in [0.4, 0.5) is 10.1 Å². The van der Waals surface area contributed by atoms with E-state index in [1.54, 1.807) is 6.07 Å². The second-order valence-electron chi connectivity index (χ2n) is 3.97. The van der Waals surface area contributed by atoms with Crippen LogP contribution in [0.15, 0.2) is 34.7 Å². The molecule has 90 valence electrons. The van der Waals surface area contributed by atoms with Crippen molar-refractivity contribution in [1.29, 1.82) is 0 Å². The first-order valence-corrected chi connectivity index (χ1v) is 5.71. The van der Waals surface area contributed by atoms with Gasteiger partial charge in [-0.05, 0) is 44.2 Å². The second kappa shape index (κ2) is 4.80. The summed E-state index contributed by atoms with van der Waals surface area (Å²) in [5.41, 5.74) is 0.636. The smallest absolute Gasteiger partial charge is 0.126 e. The van der Waals surface area contributed by atoms with Gasteiger partial charge < -0.3 is 9.73 Å². The molecule has 0 saturated heterocycles. The van der Waals surface area contributed by atoms with Gasteiger partial charge in [-0.3, -0.25) is 0 Å². The Morgan fingerprint density at radius 2 is 2.06 bits per heavy atom. The van der Waals surface area contributed by atoms with Crippen molar-refractivity contribution in [3.63, 3.8) is 0 Å². The minimum atomic E-state index is -0.358. The van der Waals surface area contributed by atoms with Gasteiger partial charge in [0, 0.05) is 10.7 Å². The summed E-state index contributed by atoms with van der Waals surface area (Å²) >= 11 is 5.78. The Morgan fingerprint density at radius 1 is 1.29 bits per heavy atom. The standard InChI is InChI=1S/C13H13ClFNO/c1-8-3-4-13(17-8)9(2)16-12-6-10(14)5-11(15)7-12/h3-7,9,16H,1-2H3. The summed E-state index contributed by atoms with van der Waals surface area (Å²) in [7, 11) is 0. The molecule has 4 heteroatoms. The normalized spacial score (nSPS) is 12.5. The molecule has 0 aliphatic rings. The third-order valence-corrected chi connectivity index (χ3v) is 2.65. The van der Waals surface area contributed by atoms with Gasteiger partial charge >= 0.3 is 0 Å². The molecule has 1 aromatic carbocycles. The predicted octanol–water partition coefficient (Wildman–Crippen LogP) is 4.55. The van der Waals surface area contributed by atoms with E-state index in [1.807, 2.05) is 26.0 Å². The number of benzene rings is 1. The lowest BCUT2D eigenvalue weighted by Gasteiger charge is -2.13. The molecule has 2 aromatic rings. The average Bonchev–Trinajstić information content (AvgIpc) is 2.63. The van der Waals surface area contributed by atoms with Gasteiger partial charge in [-0.15, -0.1) is 0 Å². The minimum Gasteiger partial charge on any atom is -0.464 e. The largest absolute Gasteiger partial charge is 0.464 e. The van der Waals surface area contributed by atoms with E-state index in [0.29, 0.717) is 10.7 Å². The number of anilines is 1. The van der Waals surface area contributed by atoms with Gasteiger partial charge in [-0.25, -0.2) is 4.39 Å². The molecule has 0 fully saturated rings. The molecule has 0 radical (unpaired) electrons. The quantitative estimate of drug-likeness (QED) is 0.868. The molecule has 1 unspecified atom stereocenters. The van der Waals surface area contributed by atoms with Crippen LogP contribution in [0.2, 0.25) is 5.02 Å². The maximum Gasteiger partial charge on any atom is 0.126 e. The molecular formula is C13H13ClFNO. The molecule has 1 N–H and O–H groups in total. The fourth-order valence-corrected chi connectivity index (χ4v) is 1.87. The highest BCUT2D eigenvalue weighted by atomic mass is 35.5. The summed E-state index contributed by atoms with van der Waals surface area (Å²) in [5, 5.41) is 3.51. The average molecular weight is 254 g/mol. The van der Waals surface area contributed by atoms with Crippen molar-refractivity contribution in [1.82, 2.24) is 0 Å². The van der Waals surface area contributed by atoms with Crippen LogP contribution >= 0.6 is 11.6 Å². The lowest BCUT2D eigenvalue weighted by molar-refractivity contribution is 0.467. The summed E-state index contributed by atoms with van der Waals surface area (Å²) in [6, 6.07) is 8.10. The lowest BCUT2D eigenvalue weighted by atomic mass is 10.2. The number of hydrogen-bond acceptors (Lipinski definition) is 2. The minimum absolute atomic E-state index is 0.0402. The summed E-state index contributed by atoms with van der Waals surface area (Å²) < 4.78 is 18.6. The Hall–Kier alpha value is -1.48. The Balaban J connectivity index is 2.15. The Labute approximate surface area is 104 Å². The number of nitrogens with one attached hydrogen (secondary N) is 1. The molecule has 1 atom stereocenters. The third-order valence-electron chi connectivity index (χ3n) is 2.43. The van der Waals surface area contributed by atoms with Crippen LogP contribution in [0.25, 0.3) is 0 Å². The Bertz CT molecular complexity index is 504. The summed E-state index contributed by atoms with van der Waals surface area (Å²) in [5.74, 6) is 1.30. The molecule has 0 bridgehead atoms. The summed E-state index contributed by atoms with van der Waals surface area (Å²) in [6.45, 7) is 3.83. The van der Waals surface area contributed by atoms with Crippen molar-refractivity contribution in [2.45, 2.75) is 19.9 Å². The van der Waals surface area contributed by atoms with Gasteiger partial charge in [0.05, 0.1) is 6.04 Å². The van der Waals surface area contributed by atoms with E-state index in [2.05, 4.69) is 5.32 Å². The number of furan rings is 1. The van der Waals surface area contributed by atoms with E-state index < -0.39 is 0 Å². The van der Waals surface area contributed by atoms with E-state index in [-0.39, 0.29) is 11.9 Å². The van der Waals surface area contributed by atoms with Gasteiger partial charge in [-0.1, -0.05) is 11.6 Å². The van der Waals surface area contributed by atoms with Crippen LogP contribution in [-0.4, -0.2) is 0 Å². The van der Waals surface area contributed by atoms with Gasteiger partial charge in [-0.2, -0.15) is 0 Å². The summed E-state index contributed by atoms with van der Waals surface area (Å²) in [4.78, 5) is 0. The molecule has 0 amide bonds. The van der Waals surface area contributed by atoms with Crippen molar-refractivity contribution in [2.75, 3.05) is 5.32 Å². The lowest BCUT2D eigenvalue weighted by Crippen LogP contribution is -2.05. The molecule has 1 heterocycles. The Morgan fingerprint density at radius 3 is 2.65 bits per heavy atom. The van der Waals surface area contributed by atoms with Crippen molar-refractivity contribution in [3.8, 4) is 0 Å². The highest BCUT2D eigenvalue weighted by molar-refractivity contribution is 6.30. The van der Waals surface area contributed by atoms with Crippen molar-refractivity contribution in [3.05, 3.63) is 52.7 Å². The SMILES string of the molecule is Cc1ccc(C(C)Nc2cc(F)cc(Cl)c2)o1. The number of rotatable bonds is 3. The van der Waals surface area contributed by atoms with E-state index in [9.17, 15) is 4.39 Å². The summed E-state index contributed by atoms with van der Waals surface area (Å²) in [6.07, 6.45) is 0. The maximum absolute atomic E-state index is 13.1. The second-order valence-corrected chi connectivity index (χ2v) is 4.41. The van der Waals surface area contributed by atoms with Gasteiger partial charge in [0.25, 0.3) is 0 Å². The molecule has 0 saturated carbocycles. The van der Waals surface area contributed by atoms with Crippen LogP contribution in [-0.2, 0) is 0 Å². The predicted molar refractivity (Wildman–Crippen MR) is 66.9 cm³/mol. The van der Waals surface area contributed by atoms with Gasteiger partial charge in [0.2, 0.25) is 0 Å². The first-order valence-electron chi connectivity index (χ1n) is 5.33. The van der Waals surface area contributed by atoms with E-state index in [1.165, 1.54) is 12.1 Å². The number of hydrogen-bond donors (Lipinski definition) is 1. The molecule has 2 nitrogen and oxygen atoms in total. The highest BCUT2D eigenvalue weighted by Gasteiger charge is 2.10. The molecule has 17 heavy (non-hydrogen) atoms.